The summed E-state index contributed by atoms with van der Waals surface area (Å²) >= 11 is 0. The summed E-state index contributed by atoms with van der Waals surface area (Å²) in [6.45, 7) is 0. The molecule has 0 atom stereocenters. The molecule has 16 heavy (non-hydrogen) atoms. The molecular formula is C9H7F3O3S. The molecule has 7 heteroatoms. The Balaban J connectivity index is 3.27. The van der Waals surface area contributed by atoms with E-state index >= 15 is 0 Å². The Labute approximate surface area is 90.0 Å². The van der Waals surface area contributed by atoms with Gasteiger partial charge in [0.25, 0.3) is 10.1 Å². The molecule has 0 aliphatic rings. The molecule has 1 aromatic rings. The normalized spacial score (nSPS) is 11.2. The highest BCUT2D eigenvalue weighted by atomic mass is 32.2. The minimum Gasteiger partial charge on any atom is -0.285 e. The van der Waals surface area contributed by atoms with Gasteiger partial charge in [0.2, 0.25) is 0 Å². The van der Waals surface area contributed by atoms with Gasteiger partial charge >= 0.3 is 6.08 Å². The van der Waals surface area contributed by atoms with E-state index in [0.717, 1.165) is 12.1 Å². The van der Waals surface area contributed by atoms with Crippen molar-refractivity contribution in [2.24, 2.45) is 0 Å². The van der Waals surface area contributed by atoms with Crippen LogP contribution in [0.3, 0.4) is 0 Å². The van der Waals surface area contributed by atoms with Crippen LogP contribution in [0.1, 0.15) is 11.1 Å². The monoisotopic (exact) mass is 252 g/mol. The molecule has 0 unspecified atom stereocenters. The second kappa shape index (κ2) is 4.67. The van der Waals surface area contributed by atoms with Crippen LogP contribution in [0.4, 0.5) is 13.2 Å². The first-order valence-corrected chi connectivity index (χ1v) is 5.66. The molecule has 0 fully saturated rings. The number of halogens is 3. The fraction of sp³-hybridized carbons (Fsp3) is 0.111. The maximum absolute atomic E-state index is 12.9. The number of hydrogen-bond acceptors (Lipinski definition) is 2. The van der Waals surface area contributed by atoms with Crippen molar-refractivity contribution in [3.63, 3.8) is 0 Å². The van der Waals surface area contributed by atoms with Crippen LogP contribution < -0.4 is 0 Å². The highest BCUT2D eigenvalue weighted by Gasteiger charge is 2.16. The van der Waals surface area contributed by atoms with E-state index < -0.39 is 33.3 Å². The zero-order valence-electron chi connectivity index (χ0n) is 7.82. The average molecular weight is 252 g/mol. The van der Waals surface area contributed by atoms with E-state index in [4.69, 9.17) is 4.55 Å². The Hall–Kier alpha value is -1.34. The van der Waals surface area contributed by atoms with Crippen molar-refractivity contribution in [2.45, 2.75) is 5.75 Å². The molecule has 1 rings (SSSR count). The summed E-state index contributed by atoms with van der Waals surface area (Å²) in [7, 11) is -4.39. The topological polar surface area (TPSA) is 54.4 Å². The van der Waals surface area contributed by atoms with Crippen LogP contribution in [0, 0.1) is 0 Å². The van der Waals surface area contributed by atoms with E-state index in [-0.39, 0.29) is 5.56 Å². The molecule has 0 saturated heterocycles. The van der Waals surface area contributed by atoms with Gasteiger partial charge in [-0.1, -0.05) is 24.3 Å². The van der Waals surface area contributed by atoms with Gasteiger partial charge in [0.05, 0.1) is 0 Å². The SMILES string of the molecule is O=S(=O)(O)Cc1ccccc1C(F)=C(F)F. The molecule has 0 aliphatic heterocycles. The lowest BCUT2D eigenvalue weighted by molar-refractivity contribution is 0.410. The largest absolute Gasteiger partial charge is 0.306 e. The summed E-state index contributed by atoms with van der Waals surface area (Å²) in [5, 5.41) is 0. The highest BCUT2D eigenvalue weighted by Crippen LogP contribution is 2.26. The Morgan fingerprint density at radius 1 is 1.19 bits per heavy atom. The van der Waals surface area contributed by atoms with Gasteiger partial charge in [-0.25, -0.2) is 4.39 Å². The third-order valence-electron chi connectivity index (χ3n) is 1.76. The van der Waals surface area contributed by atoms with Crippen LogP contribution >= 0.6 is 0 Å². The zero-order chi connectivity index (χ0) is 12.3. The lowest BCUT2D eigenvalue weighted by atomic mass is 10.1. The molecule has 0 aromatic heterocycles. The first-order chi connectivity index (χ1) is 7.31. The molecule has 3 nitrogen and oxygen atoms in total. The first-order valence-electron chi connectivity index (χ1n) is 4.05. The van der Waals surface area contributed by atoms with Crippen LogP contribution in [0.25, 0.3) is 5.83 Å². The van der Waals surface area contributed by atoms with Gasteiger partial charge in [-0.2, -0.15) is 17.2 Å². The van der Waals surface area contributed by atoms with Gasteiger partial charge in [0.1, 0.15) is 5.75 Å². The van der Waals surface area contributed by atoms with Crippen molar-refractivity contribution in [1.82, 2.24) is 0 Å². The Morgan fingerprint density at radius 3 is 2.25 bits per heavy atom. The van der Waals surface area contributed by atoms with E-state index in [1.54, 1.807) is 0 Å². The molecule has 0 aliphatic carbocycles. The maximum Gasteiger partial charge on any atom is 0.306 e. The summed E-state index contributed by atoms with van der Waals surface area (Å²) in [4.78, 5) is 0. The standard InChI is InChI=1S/C9H7F3O3S/c10-8(9(11)12)7-4-2-1-3-6(7)5-16(13,14)15/h1-4H,5H2,(H,13,14,15). The summed E-state index contributed by atoms with van der Waals surface area (Å²) < 4.78 is 66.7. The minimum absolute atomic E-state index is 0.227. The third-order valence-corrected chi connectivity index (χ3v) is 2.43. The molecule has 88 valence electrons. The lowest BCUT2D eigenvalue weighted by Gasteiger charge is -2.04. The van der Waals surface area contributed by atoms with Crippen molar-refractivity contribution in [2.75, 3.05) is 0 Å². The third kappa shape index (κ3) is 3.35. The molecule has 0 radical (unpaired) electrons. The lowest BCUT2D eigenvalue weighted by Crippen LogP contribution is -2.03. The Morgan fingerprint density at radius 2 is 1.75 bits per heavy atom. The summed E-state index contributed by atoms with van der Waals surface area (Å²) in [5.41, 5.74) is -0.768. The fourth-order valence-electron chi connectivity index (χ4n) is 1.16. The molecule has 0 amide bonds. The quantitative estimate of drug-likeness (QED) is 0.841. The predicted molar refractivity (Wildman–Crippen MR) is 51.9 cm³/mol. The molecule has 1 N–H and O–H groups in total. The number of hydrogen-bond donors (Lipinski definition) is 1. The van der Waals surface area contributed by atoms with E-state index in [1.807, 2.05) is 0 Å². The molecule has 0 spiro atoms. The zero-order valence-corrected chi connectivity index (χ0v) is 8.64. The number of benzene rings is 1. The van der Waals surface area contributed by atoms with Crippen LogP contribution in [0.5, 0.6) is 0 Å². The summed E-state index contributed by atoms with van der Waals surface area (Å²) in [5.74, 6) is -2.71. The van der Waals surface area contributed by atoms with Crippen molar-refractivity contribution >= 4 is 15.9 Å². The molecule has 0 heterocycles. The van der Waals surface area contributed by atoms with E-state index in [2.05, 4.69) is 0 Å². The second-order valence-corrected chi connectivity index (χ2v) is 4.41. The molecule has 0 bridgehead atoms. The fourth-order valence-corrected chi connectivity index (χ4v) is 1.80. The van der Waals surface area contributed by atoms with Crippen molar-refractivity contribution in [3.05, 3.63) is 41.5 Å². The summed E-state index contributed by atoms with van der Waals surface area (Å²) in [6.07, 6.45) is -2.54. The van der Waals surface area contributed by atoms with Crippen LogP contribution in [0.2, 0.25) is 0 Å². The van der Waals surface area contributed by atoms with Gasteiger partial charge < -0.3 is 0 Å². The Bertz CT molecular complexity index is 519. The minimum atomic E-state index is -4.39. The van der Waals surface area contributed by atoms with Crippen molar-refractivity contribution < 1.29 is 26.1 Å². The highest BCUT2D eigenvalue weighted by molar-refractivity contribution is 7.85. The van der Waals surface area contributed by atoms with Crippen LogP contribution in [0.15, 0.2) is 30.3 Å². The smallest absolute Gasteiger partial charge is 0.285 e. The van der Waals surface area contributed by atoms with Crippen molar-refractivity contribution in [3.8, 4) is 0 Å². The van der Waals surface area contributed by atoms with E-state index in [9.17, 15) is 21.6 Å². The average Bonchev–Trinajstić information content (AvgIpc) is 2.15. The molecule has 1 aromatic carbocycles. The van der Waals surface area contributed by atoms with Gasteiger partial charge in [-0.15, -0.1) is 0 Å². The van der Waals surface area contributed by atoms with Gasteiger partial charge in [-0.05, 0) is 5.56 Å². The second-order valence-electron chi connectivity index (χ2n) is 2.96. The first kappa shape index (κ1) is 12.7. The molecule has 0 saturated carbocycles. The van der Waals surface area contributed by atoms with Crippen LogP contribution in [-0.4, -0.2) is 13.0 Å². The van der Waals surface area contributed by atoms with E-state index in [0.29, 0.717) is 0 Å². The van der Waals surface area contributed by atoms with Gasteiger partial charge in [0.15, 0.2) is 5.83 Å². The van der Waals surface area contributed by atoms with Crippen molar-refractivity contribution in [1.29, 1.82) is 0 Å². The maximum atomic E-state index is 12.9. The van der Waals surface area contributed by atoms with E-state index in [1.165, 1.54) is 12.1 Å². The molecular weight excluding hydrogens is 245 g/mol. The van der Waals surface area contributed by atoms with Gasteiger partial charge in [0, 0.05) is 5.56 Å². The Kier molecular flexibility index (Phi) is 3.71. The number of rotatable bonds is 3. The summed E-state index contributed by atoms with van der Waals surface area (Å²) in [6, 6.07) is 4.79. The van der Waals surface area contributed by atoms with Gasteiger partial charge in [-0.3, -0.25) is 4.55 Å². The van der Waals surface area contributed by atoms with Crippen LogP contribution in [-0.2, 0) is 15.9 Å². The predicted octanol–water partition coefficient (Wildman–Crippen LogP) is 2.61.